The molecule has 0 fully saturated rings. The third-order valence-electron chi connectivity index (χ3n) is 5.83. The van der Waals surface area contributed by atoms with E-state index in [2.05, 4.69) is 10.3 Å². The van der Waals surface area contributed by atoms with Gasteiger partial charge in [-0.2, -0.15) is 0 Å². The molecule has 8 heteroatoms. The van der Waals surface area contributed by atoms with Gasteiger partial charge in [0.1, 0.15) is 10.8 Å². The fourth-order valence-corrected chi connectivity index (χ4v) is 5.06. The van der Waals surface area contributed by atoms with E-state index in [1.807, 2.05) is 55.6 Å². The Bertz CT molecular complexity index is 1130. The quantitative estimate of drug-likeness (QED) is 0.535. The normalized spacial score (nSPS) is 21.5. The van der Waals surface area contributed by atoms with Crippen molar-refractivity contribution in [3.05, 3.63) is 94.1 Å². The lowest BCUT2D eigenvalue weighted by Gasteiger charge is -2.46. The van der Waals surface area contributed by atoms with Gasteiger partial charge in [-0.25, -0.2) is 9.78 Å². The smallest absolute Gasteiger partial charge is 0.336 e. The number of phenols is 1. The Kier molecular flexibility index (Phi) is 8.07. The van der Waals surface area contributed by atoms with E-state index in [1.165, 1.54) is 25.6 Å². The van der Waals surface area contributed by atoms with E-state index < -0.39 is 29.3 Å². The number of para-hydroxylation sites is 1. The zero-order valence-corrected chi connectivity index (χ0v) is 20.3. The average molecular weight is 481 g/mol. The molecule has 0 aliphatic carbocycles. The molecular weight excluding hydrogens is 452 g/mol. The summed E-state index contributed by atoms with van der Waals surface area (Å²) >= 11 is 1.40. The van der Waals surface area contributed by atoms with Crippen LogP contribution in [0.15, 0.2) is 83.5 Å². The first kappa shape index (κ1) is 25.0. The predicted octanol–water partition coefficient (Wildman–Crippen LogP) is 4.37. The minimum absolute atomic E-state index is 0.322. The lowest BCUT2D eigenvalue weighted by Crippen LogP contribution is -2.55. The van der Waals surface area contributed by atoms with Crippen molar-refractivity contribution in [3.8, 4) is 5.75 Å². The van der Waals surface area contributed by atoms with Gasteiger partial charge in [-0.1, -0.05) is 48.5 Å². The number of hydrogen-bond donors (Lipinski definition) is 2. The highest BCUT2D eigenvalue weighted by Gasteiger charge is 2.53. The van der Waals surface area contributed by atoms with E-state index in [9.17, 15) is 9.59 Å². The summed E-state index contributed by atoms with van der Waals surface area (Å²) in [5.74, 6) is -1.85. The van der Waals surface area contributed by atoms with Crippen LogP contribution >= 0.6 is 11.3 Å². The van der Waals surface area contributed by atoms with Gasteiger partial charge in [0, 0.05) is 17.3 Å². The first-order chi connectivity index (χ1) is 16.3. The highest BCUT2D eigenvalue weighted by molar-refractivity contribution is 7.09. The van der Waals surface area contributed by atoms with Crippen LogP contribution in [0, 0.1) is 5.92 Å². The Balaban J connectivity index is 0.000000396. The number of esters is 2. The third-order valence-corrected chi connectivity index (χ3v) is 6.68. The van der Waals surface area contributed by atoms with Crippen LogP contribution in [0.1, 0.15) is 30.3 Å². The lowest BCUT2D eigenvalue weighted by molar-refractivity contribution is -0.150. The van der Waals surface area contributed by atoms with Crippen LogP contribution in [0.25, 0.3) is 0 Å². The molecule has 178 valence electrons. The standard InChI is InChI=1S/C20H22N2O4S.C6H6O/c1-12-14(18(23)25-3)15(17-21-10-11-27-17)16(19(24)26-4)20(2,22-12)13-8-6-5-7-9-13;7-6-4-2-1-3-5-6/h5-11,15-16,22H,1-4H3;1-5,7H. The summed E-state index contributed by atoms with van der Waals surface area (Å²) in [6.45, 7) is 3.77. The first-order valence-electron chi connectivity index (χ1n) is 10.7. The van der Waals surface area contributed by atoms with Crippen LogP contribution in [0.2, 0.25) is 0 Å². The molecule has 34 heavy (non-hydrogen) atoms. The van der Waals surface area contributed by atoms with E-state index in [4.69, 9.17) is 14.6 Å². The fraction of sp³-hybridized carbons (Fsp3) is 0.269. The molecule has 0 bridgehead atoms. The number of aromatic hydroxyl groups is 1. The van der Waals surface area contributed by atoms with Gasteiger partial charge in [0.25, 0.3) is 0 Å². The van der Waals surface area contributed by atoms with Gasteiger partial charge in [0.2, 0.25) is 0 Å². The number of methoxy groups -OCH3 is 2. The van der Waals surface area contributed by atoms with E-state index in [-0.39, 0.29) is 0 Å². The molecule has 1 aliphatic heterocycles. The SMILES string of the molecule is COC(=O)C1=C(C)NC(C)(c2ccccc2)C(C(=O)OC)C1c1nccs1.Oc1ccccc1. The number of phenolic OH excluding ortho intramolecular Hbond substituents is 1. The van der Waals surface area contributed by atoms with Gasteiger partial charge in [-0.15, -0.1) is 11.3 Å². The summed E-state index contributed by atoms with van der Waals surface area (Å²) in [4.78, 5) is 30.0. The molecule has 4 rings (SSSR count). The maximum absolute atomic E-state index is 13.0. The van der Waals surface area contributed by atoms with E-state index >= 15 is 0 Å². The number of benzene rings is 2. The number of carbonyl (C=O) groups excluding carboxylic acids is 2. The van der Waals surface area contributed by atoms with Crippen molar-refractivity contribution in [2.75, 3.05) is 14.2 Å². The van der Waals surface area contributed by atoms with Crippen LogP contribution in [-0.2, 0) is 24.6 Å². The molecule has 2 heterocycles. The molecule has 2 aromatic carbocycles. The fourth-order valence-electron chi connectivity index (χ4n) is 4.27. The molecule has 3 unspecified atom stereocenters. The summed E-state index contributed by atoms with van der Waals surface area (Å²) < 4.78 is 10.2. The number of nitrogens with one attached hydrogen (secondary N) is 1. The molecular formula is C26H28N2O5S. The van der Waals surface area contributed by atoms with Gasteiger partial charge in [-0.05, 0) is 31.5 Å². The molecule has 1 aromatic heterocycles. The van der Waals surface area contributed by atoms with Crippen molar-refractivity contribution >= 4 is 23.3 Å². The summed E-state index contributed by atoms with van der Waals surface area (Å²) in [6.07, 6.45) is 1.67. The third kappa shape index (κ3) is 5.12. The number of aromatic nitrogens is 1. The molecule has 3 atom stereocenters. The zero-order chi connectivity index (χ0) is 24.7. The molecule has 2 N–H and O–H groups in total. The minimum Gasteiger partial charge on any atom is -0.508 e. The van der Waals surface area contributed by atoms with Gasteiger partial charge < -0.3 is 19.9 Å². The Morgan fingerprint density at radius 2 is 1.65 bits per heavy atom. The number of carbonyl (C=O) groups is 2. The second-order valence-electron chi connectivity index (χ2n) is 7.91. The van der Waals surface area contributed by atoms with Crippen LogP contribution in [0.5, 0.6) is 5.75 Å². The average Bonchev–Trinajstić information content (AvgIpc) is 3.39. The molecule has 7 nitrogen and oxygen atoms in total. The van der Waals surface area contributed by atoms with Crippen molar-refractivity contribution in [2.24, 2.45) is 5.92 Å². The Morgan fingerprint density at radius 1 is 1.03 bits per heavy atom. The number of rotatable bonds is 4. The van der Waals surface area contributed by atoms with Gasteiger partial charge in [0.05, 0.1) is 37.2 Å². The van der Waals surface area contributed by atoms with Crippen molar-refractivity contribution in [1.82, 2.24) is 10.3 Å². The van der Waals surface area contributed by atoms with E-state index in [1.54, 1.807) is 30.5 Å². The number of nitrogens with zero attached hydrogens (tertiary/aromatic N) is 1. The Morgan fingerprint density at radius 3 is 2.12 bits per heavy atom. The summed E-state index contributed by atoms with van der Waals surface area (Å²) in [5, 5.41) is 14.5. The highest BCUT2D eigenvalue weighted by Crippen LogP contribution is 2.48. The zero-order valence-electron chi connectivity index (χ0n) is 19.5. The van der Waals surface area contributed by atoms with Crippen LogP contribution in [0.3, 0.4) is 0 Å². The largest absolute Gasteiger partial charge is 0.508 e. The lowest BCUT2D eigenvalue weighted by atomic mass is 9.67. The van der Waals surface area contributed by atoms with E-state index in [0.717, 1.165) is 5.56 Å². The first-order valence-corrected chi connectivity index (χ1v) is 11.6. The second kappa shape index (κ2) is 11.0. The molecule has 1 aliphatic rings. The van der Waals surface area contributed by atoms with E-state index in [0.29, 0.717) is 22.0 Å². The maximum atomic E-state index is 13.0. The molecule has 0 amide bonds. The predicted molar refractivity (Wildman–Crippen MR) is 130 cm³/mol. The summed E-state index contributed by atoms with van der Waals surface area (Å²) in [6, 6.07) is 18.4. The van der Waals surface area contributed by atoms with Crippen molar-refractivity contribution in [2.45, 2.75) is 25.3 Å². The van der Waals surface area contributed by atoms with Crippen molar-refractivity contribution in [3.63, 3.8) is 0 Å². The monoisotopic (exact) mass is 480 g/mol. The van der Waals surface area contributed by atoms with Crippen LogP contribution in [-0.4, -0.2) is 36.2 Å². The van der Waals surface area contributed by atoms with Crippen LogP contribution < -0.4 is 5.32 Å². The molecule has 0 saturated heterocycles. The molecule has 0 saturated carbocycles. The molecule has 0 radical (unpaired) electrons. The highest BCUT2D eigenvalue weighted by atomic mass is 32.1. The second-order valence-corrected chi connectivity index (χ2v) is 8.83. The van der Waals surface area contributed by atoms with Crippen LogP contribution in [0.4, 0.5) is 0 Å². The van der Waals surface area contributed by atoms with Crippen molar-refractivity contribution in [1.29, 1.82) is 0 Å². The summed E-state index contributed by atoms with van der Waals surface area (Å²) in [5.41, 5.74) is 1.20. The number of thiazole rings is 1. The van der Waals surface area contributed by atoms with Crippen molar-refractivity contribution < 1.29 is 24.2 Å². The maximum Gasteiger partial charge on any atom is 0.336 e. The topological polar surface area (TPSA) is 97.8 Å². The summed E-state index contributed by atoms with van der Waals surface area (Å²) in [7, 11) is 2.69. The van der Waals surface area contributed by atoms with Gasteiger partial charge >= 0.3 is 11.9 Å². The van der Waals surface area contributed by atoms with Gasteiger partial charge in [-0.3, -0.25) is 4.79 Å². The Labute approximate surface area is 203 Å². The molecule has 0 spiro atoms. The number of hydrogen-bond acceptors (Lipinski definition) is 8. The van der Waals surface area contributed by atoms with Gasteiger partial charge in [0.15, 0.2) is 0 Å². The minimum atomic E-state index is -0.785. The number of ether oxygens (including phenoxy) is 2. The Hall–Kier alpha value is -3.65. The number of allylic oxidation sites excluding steroid dienone is 1. The molecule has 3 aromatic rings.